The molecule has 0 saturated heterocycles. The zero-order chi connectivity index (χ0) is 25.2. The number of benzene rings is 2. The van der Waals surface area contributed by atoms with Crippen LogP contribution in [0.4, 0.5) is 18.0 Å². The van der Waals surface area contributed by atoms with Crippen LogP contribution in [-0.4, -0.2) is 47.4 Å². The lowest BCUT2D eigenvalue weighted by molar-refractivity contribution is -0.182. The summed E-state index contributed by atoms with van der Waals surface area (Å²) in [6, 6.07) is 12.7. The minimum atomic E-state index is -5.13. The van der Waals surface area contributed by atoms with E-state index >= 15 is 0 Å². The van der Waals surface area contributed by atoms with Gasteiger partial charge in [-0.1, -0.05) is 61.4 Å². The number of rotatable bonds is 7. The molecule has 0 aliphatic heterocycles. The van der Waals surface area contributed by atoms with Crippen molar-refractivity contribution in [3.63, 3.8) is 0 Å². The molecule has 2 aliphatic rings. The molecule has 1 fully saturated rings. The van der Waals surface area contributed by atoms with Crippen LogP contribution in [0.25, 0.3) is 11.1 Å². The minimum absolute atomic E-state index is 0.0529. The molecule has 10 heteroatoms. The van der Waals surface area contributed by atoms with Gasteiger partial charge in [-0.3, -0.25) is 4.79 Å². The number of carboxylic acid groups (broad SMARTS) is 1. The summed E-state index contributed by atoms with van der Waals surface area (Å²) >= 11 is 0. The summed E-state index contributed by atoms with van der Waals surface area (Å²) in [6.07, 6.45) is -4.31. The number of halogens is 3. The molecular weight excluding hydrogens is 465 g/mol. The summed E-state index contributed by atoms with van der Waals surface area (Å²) in [5, 5.41) is 13.0. The van der Waals surface area contributed by atoms with Crippen LogP contribution in [0.5, 0.6) is 0 Å². The van der Waals surface area contributed by atoms with Gasteiger partial charge in [-0.05, 0) is 35.1 Å². The van der Waals surface area contributed by atoms with Crippen LogP contribution in [0.2, 0.25) is 0 Å². The number of carboxylic acids is 1. The quantitative estimate of drug-likeness (QED) is 0.535. The van der Waals surface area contributed by atoms with E-state index in [1.54, 1.807) is 0 Å². The molecule has 35 heavy (non-hydrogen) atoms. The van der Waals surface area contributed by atoms with Crippen LogP contribution in [0.3, 0.4) is 0 Å². The summed E-state index contributed by atoms with van der Waals surface area (Å²) in [5.74, 6) is -3.47. The average molecular weight is 490 g/mol. The van der Waals surface area contributed by atoms with Gasteiger partial charge in [-0.15, -0.1) is 0 Å². The molecule has 1 unspecified atom stereocenters. The second-order valence-electron chi connectivity index (χ2n) is 9.00. The smallest absolute Gasteiger partial charge is 0.419 e. The van der Waals surface area contributed by atoms with Gasteiger partial charge in [0.25, 0.3) is 0 Å². The first kappa shape index (κ1) is 24.6. The standard InChI is InChI=1S/C25H25F3N2O5/c26-25(27,28)21(22(32)33)29-20(31)13-24(11-5-6-12-24)30-23(34)35-14-19-17-9-3-1-7-15(17)16-8-2-4-10-18(16)19/h1-4,7-10,19,21H,5-6,11-14H2,(H,29,31)(H,30,34)(H,32,33). The highest BCUT2D eigenvalue weighted by atomic mass is 19.4. The number of carbonyl (C=O) groups excluding carboxylic acids is 2. The van der Waals surface area contributed by atoms with Gasteiger partial charge < -0.3 is 20.5 Å². The maximum Gasteiger partial charge on any atom is 0.419 e. The van der Waals surface area contributed by atoms with E-state index in [1.165, 1.54) is 5.32 Å². The van der Waals surface area contributed by atoms with Gasteiger partial charge in [0.2, 0.25) is 11.9 Å². The number of hydrogen-bond acceptors (Lipinski definition) is 4. The van der Waals surface area contributed by atoms with Gasteiger partial charge in [0.1, 0.15) is 6.61 Å². The van der Waals surface area contributed by atoms with Gasteiger partial charge in [-0.25, -0.2) is 9.59 Å². The van der Waals surface area contributed by atoms with E-state index in [1.807, 2.05) is 48.5 Å². The van der Waals surface area contributed by atoms with Crippen LogP contribution in [-0.2, 0) is 14.3 Å². The van der Waals surface area contributed by atoms with Gasteiger partial charge in [0.15, 0.2) is 0 Å². The second-order valence-corrected chi connectivity index (χ2v) is 9.00. The molecule has 2 aliphatic carbocycles. The van der Waals surface area contributed by atoms with Crippen LogP contribution >= 0.6 is 0 Å². The minimum Gasteiger partial charge on any atom is -0.479 e. The first-order valence-electron chi connectivity index (χ1n) is 11.3. The lowest BCUT2D eigenvalue weighted by atomic mass is 9.92. The molecule has 7 nitrogen and oxygen atoms in total. The Morgan fingerprint density at radius 3 is 2.06 bits per heavy atom. The summed E-state index contributed by atoms with van der Waals surface area (Å²) in [5.41, 5.74) is 3.10. The Labute approximate surface area is 199 Å². The van der Waals surface area contributed by atoms with E-state index in [0.717, 1.165) is 22.3 Å². The summed E-state index contributed by atoms with van der Waals surface area (Å²) in [6.45, 7) is 0.0529. The Morgan fingerprint density at radius 2 is 1.54 bits per heavy atom. The summed E-state index contributed by atoms with van der Waals surface area (Å²) in [4.78, 5) is 36.0. The Bertz CT molecular complexity index is 1080. The molecule has 1 atom stereocenters. The molecule has 4 rings (SSSR count). The molecule has 186 valence electrons. The number of carbonyl (C=O) groups is 3. The van der Waals surface area contributed by atoms with Crippen LogP contribution in [0.1, 0.15) is 49.1 Å². The predicted octanol–water partition coefficient (Wildman–Crippen LogP) is 4.36. The number of nitrogens with one attached hydrogen (secondary N) is 2. The molecule has 0 heterocycles. The first-order valence-corrected chi connectivity index (χ1v) is 11.3. The molecule has 2 aromatic carbocycles. The van der Waals surface area contributed by atoms with Crippen molar-refractivity contribution in [1.29, 1.82) is 0 Å². The fraction of sp³-hybridized carbons (Fsp3) is 0.400. The second kappa shape index (κ2) is 9.59. The van der Waals surface area contributed by atoms with Gasteiger partial charge in [0.05, 0.1) is 5.54 Å². The van der Waals surface area contributed by atoms with Crippen LogP contribution in [0, 0.1) is 0 Å². The molecule has 0 aromatic heterocycles. The van der Waals surface area contributed by atoms with E-state index < -0.39 is 42.1 Å². The van der Waals surface area contributed by atoms with Crippen molar-refractivity contribution in [2.24, 2.45) is 0 Å². The monoisotopic (exact) mass is 490 g/mol. The number of hydrogen-bond donors (Lipinski definition) is 3. The molecule has 0 spiro atoms. The summed E-state index contributed by atoms with van der Waals surface area (Å²) in [7, 11) is 0. The van der Waals surface area contributed by atoms with Crippen molar-refractivity contribution in [3.8, 4) is 11.1 Å². The SMILES string of the molecule is O=C(CC1(NC(=O)OCC2c3ccccc3-c3ccccc32)CCCC1)NC(C(=O)O)C(F)(F)F. The molecule has 1 saturated carbocycles. The number of ether oxygens (including phenoxy) is 1. The van der Waals surface area contributed by atoms with E-state index in [4.69, 9.17) is 9.84 Å². The lowest BCUT2D eigenvalue weighted by Crippen LogP contribution is -2.54. The topological polar surface area (TPSA) is 105 Å². The maximum atomic E-state index is 12.9. The number of amides is 2. The molecule has 0 bridgehead atoms. The van der Waals surface area contributed by atoms with Crippen molar-refractivity contribution in [2.75, 3.05) is 6.61 Å². The Kier molecular flexibility index (Phi) is 6.73. The molecular formula is C25H25F3N2O5. The van der Waals surface area contributed by atoms with Gasteiger partial charge >= 0.3 is 18.2 Å². The van der Waals surface area contributed by atoms with Crippen molar-refractivity contribution < 1.29 is 37.4 Å². The van der Waals surface area contributed by atoms with Crippen molar-refractivity contribution in [1.82, 2.24) is 10.6 Å². The fourth-order valence-corrected chi connectivity index (χ4v) is 5.05. The Hall–Kier alpha value is -3.56. The predicted molar refractivity (Wildman–Crippen MR) is 120 cm³/mol. The van der Waals surface area contributed by atoms with Crippen LogP contribution in [0.15, 0.2) is 48.5 Å². The third-order valence-corrected chi connectivity index (χ3v) is 6.65. The zero-order valence-corrected chi connectivity index (χ0v) is 18.7. The maximum absolute atomic E-state index is 12.9. The molecule has 0 radical (unpaired) electrons. The normalized spacial score (nSPS) is 17.2. The third kappa shape index (κ3) is 5.26. The Morgan fingerprint density at radius 1 is 1.00 bits per heavy atom. The van der Waals surface area contributed by atoms with Crippen molar-refractivity contribution in [2.45, 2.75) is 55.8 Å². The average Bonchev–Trinajstić information content (AvgIpc) is 3.37. The third-order valence-electron chi connectivity index (χ3n) is 6.65. The van der Waals surface area contributed by atoms with Crippen LogP contribution < -0.4 is 10.6 Å². The molecule has 3 N–H and O–H groups in total. The number of alkyl carbamates (subject to hydrolysis) is 1. The number of alkyl halides is 3. The highest BCUT2D eigenvalue weighted by molar-refractivity contribution is 5.85. The zero-order valence-electron chi connectivity index (χ0n) is 18.7. The number of aliphatic carboxylic acids is 1. The summed E-state index contributed by atoms with van der Waals surface area (Å²) < 4.78 is 44.3. The molecule has 2 aromatic rings. The molecule has 2 amide bonds. The largest absolute Gasteiger partial charge is 0.479 e. The Balaban J connectivity index is 1.41. The van der Waals surface area contributed by atoms with Crippen molar-refractivity contribution >= 4 is 18.0 Å². The van der Waals surface area contributed by atoms with E-state index in [0.29, 0.717) is 25.7 Å². The lowest BCUT2D eigenvalue weighted by Gasteiger charge is -2.30. The van der Waals surface area contributed by atoms with E-state index in [9.17, 15) is 27.6 Å². The highest BCUT2D eigenvalue weighted by Crippen LogP contribution is 2.44. The highest BCUT2D eigenvalue weighted by Gasteiger charge is 2.47. The number of fused-ring (bicyclic) bond motifs is 3. The fourth-order valence-electron chi connectivity index (χ4n) is 5.05. The van der Waals surface area contributed by atoms with E-state index in [-0.39, 0.29) is 12.5 Å². The van der Waals surface area contributed by atoms with Gasteiger partial charge in [0, 0.05) is 12.3 Å². The van der Waals surface area contributed by atoms with Crippen molar-refractivity contribution in [3.05, 3.63) is 59.7 Å². The van der Waals surface area contributed by atoms with E-state index in [2.05, 4.69) is 5.32 Å². The first-order chi connectivity index (χ1) is 16.6. The van der Waals surface area contributed by atoms with Gasteiger partial charge in [-0.2, -0.15) is 13.2 Å².